The molecular formula is C65H130N6O7. The Morgan fingerprint density at radius 1 is 0.333 bits per heavy atom. The molecule has 0 saturated carbocycles. The lowest BCUT2D eigenvalue weighted by atomic mass is 9.99. The number of carbonyl (C=O) groups is 4. The highest BCUT2D eigenvalue weighted by molar-refractivity contribution is 5.88. The van der Waals surface area contributed by atoms with Crippen molar-refractivity contribution in [3.05, 3.63) is 0 Å². The molecule has 2 N–H and O–H groups in total. The Labute approximate surface area is 482 Å². The molecule has 462 valence electrons. The molecule has 0 aromatic carbocycles. The van der Waals surface area contributed by atoms with Crippen LogP contribution in [0.1, 0.15) is 266 Å². The summed E-state index contributed by atoms with van der Waals surface area (Å²) in [6.07, 6.45) is 42.0. The minimum atomic E-state index is -0.519. The smallest absolute Gasteiger partial charge is 0.243 e. The summed E-state index contributed by atoms with van der Waals surface area (Å²) >= 11 is 0. The molecule has 13 heteroatoms. The van der Waals surface area contributed by atoms with Gasteiger partial charge in [-0.05, 0) is 85.2 Å². The van der Waals surface area contributed by atoms with Gasteiger partial charge in [-0.2, -0.15) is 0 Å². The molecule has 0 aliphatic heterocycles. The largest absolute Gasteiger partial charge is 0.379 e. The molecule has 13 nitrogen and oxygen atoms in total. The number of rotatable bonds is 59. The van der Waals surface area contributed by atoms with Crippen LogP contribution in [0.25, 0.3) is 0 Å². The second-order valence-electron chi connectivity index (χ2n) is 24.0. The highest BCUT2D eigenvalue weighted by Gasteiger charge is 2.33. The third-order valence-corrected chi connectivity index (χ3v) is 15.2. The molecule has 0 bridgehead atoms. The fourth-order valence-electron chi connectivity index (χ4n) is 10.5. The first-order valence-electron chi connectivity index (χ1n) is 32.9. The van der Waals surface area contributed by atoms with Gasteiger partial charge in [-0.25, -0.2) is 0 Å². The van der Waals surface area contributed by atoms with Crippen molar-refractivity contribution in [2.45, 2.75) is 278 Å². The van der Waals surface area contributed by atoms with Gasteiger partial charge in [0.1, 0.15) is 12.1 Å². The van der Waals surface area contributed by atoms with Crippen LogP contribution in [0.5, 0.6) is 0 Å². The minimum absolute atomic E-state index is 0.00290. The second-order valence-corrected chi connectivity index (χ2v) is 24.0. The molecule has 0 aliphatic rings. The Bertz CT molecular complexity index is 1270. The topological polar surface area (TPSA) is 133 Å². The van der Waals surface area contributed by atoms with Crippen molar-refractivity contribution < 1.29 is 33.4 Å². The first kappa shape index (κ1) is 75.7. The molecule has 0 aromatic rings. The van der Waals surface area contributed by atoms with Crippen molar-refractivity contribution in [2.24, 2.45) is 11.8 Å². The minimum Gasteiger partial charge on any atom is -0.379 e. The van der Waals surface area contributed by atoms with Gasteiger partial charge in [-0.15, -0.1) is 0 Å². The fourth-order valence-corrected chi connectivity index (χ4v) is 10.5. The summed E-state index contributed by atoms with van der Waals surface area (Å²) in [7, 11) is 8.16. The summed E-state index contributed by atoms with van der Waals surface area (Å²) in [5, 5.41) is 6.15. The Balaban J connectivity index is 4.51. The van der Waals surface area contributed by atoms with Gasteiger partial charge in [-0.1, -0.05) is 221 Å². The van der Waals surface area contributed by atoms with Crippen molar-refractivity contribution >= 4 is 23.6 Å². The zero-order valence-corrected chi connectivity index (χ0v) is 53.2. The van der Waals surface area contributed by atoms with Crippen LogP contribution in [0.2, 0.25) is 0 Å². The lowest BCUT2D eigenvalue weighted by molar-refractivity contribution is -0.142. The van der Waals surface area contributed by atoms with Crippen LogP contribution < -0.4 is 10.6 Å². The molecule has 2 unspecified atom stereocenters. The third kappa shape index (κ3) is 45.3. The Hall–Kier alpha value is -2.32. The molecule has 0 saturated heterocycles. The van der Waals surface area contributed by atoms with Gasteiger partial charge in [0.2, 0.25) is 23.6 Å². The van der Waals surface area contributed by atoms with Gasteiger partial charge in [0.05, 0.1) is 33.0 Å². The van der Waals surface area contributed by atoms with Gasteiger partial charge < -0.3 is 44.4 Å². The predicted octanol–water partition coefficient (Wildman–Crippen LogP) is 13.8. The highest BCUT2D eigenvalue weighted by atomic mass is 16.5. The number of amides is 4. The number of hydrogen-bond acceptors (Lipinski definition) is 9. The van der Waals surface area contributed by atoms with Crippen LogP contribution in [0.4, 0.5) is 0 Å². The standard InChI is InChI=1S/C65H130N6O7/c1-11-13-15-17-19-21-23-25-27-29-31-33-35-37-39-44-60(72)70(50-42-48-68(7)8)62(58(3)4)64(74)66-46-41-52-76-54-56-78-57-55-77-53-47-67-65(75)63(59(5)6)71(51-43-49-69(9)10)61(73)45-40-38-36-34-32-30-28-26-24-22-20-18-16-14-12-2/h58-59,62-63H,11-57H2,1-10H3,(H,66,74)(H,67,75). The van der Waals surface area contributed by atoms with E-state index in [1.54, 1.807) is 0 Å². The SMILES string of the molecule is CCCCCCCCCCCCCCCCCC(=O)N(CCCN(C)C)C(C(=O)NCCCOCCOCCOCCNC(=O)C(C(C)C)N(CCCN(C)C)C(=O)CCCCCCCCCCCCCCCCC)C(C)C. The first-order valence-corrected chi connectivity index (χ1v) is 32.9. The first-order chi connectivity index (χ1) is 37.8. The Morgan fingerprint density at radius 2 is 0.615 bits per heavy atom. The molecule has 0 heterocycles. The van der Waals surface area contributed by atoms with Gasteiger partial charge >= 0.3 is 0 Å². The second kappa shape index (κ2) is 55.2. The van der Waals surface area contributed by atoms with Crippen LogP contribution in [0, 0.1) is 11.8 Å². The molecule has 4 amide bonds. The number of nitrogens with one attached hydrogen (secondary N) is 2. The summed E-state index contributed by atoms with van der Waals surface area (Å²) in [5.74, 6) is -0.0527. The van der Waals surface area contributed by atoms with Crippen molar-refractivity contribution in [1.29, 1.82) is 0 Å². The predicted molar refractivity (Wildman–Crippen MR) is 329 cm³/mol. The van der Waals surface area contributed by atoms with Gasteiger partial charge in [-0.3, -0.25) is 19.2 Å². The Kier molecular flexibility index (Phi) is 53.6. The maximum Gasteiger partial charge on any atom is 0.243 e. The van der Waals surface area contributed by atoms with E-state index in [2.05, 4.69) is 34.3 Å². The monoisotopic (exact) mass is 1110 g/mol. The highest BCUT2D eigenvalue weighted by Crippen LogP contribution is 2.20. The third-order valence-electron chi connectivity index (χ3n) is 15.2. The molecule has 0 radical (unpaired) electrons. The van der Waals surface area contributed by atoms with Crippen molar-refractivity contribution in [3.63, 3.8) is 0 Å². The van der Waals surface area contributed by atoms with Crippen LogP contribution in [-0.4, -0.2) is 162 Å². The summed E-state index contributed by atoms with van der Waals surface area (Å²) in [6.45, 7) is 18.9. The summed E-state index contributed by atoms with van der Waals surface area (Å²) in [5.41, 5.74) is 0. The Morgan fingerprint density at radius 3 is 0.923 bits per heavy atom. The van der Waals surface area contributed by atoms with Crippen LogP contribution in [-0.2, 0) is 33.4 Å². The fraction of sp³-hybridized carbons (Fsp3) is 0.938. The van der Waals surface area contributed by atoms with E-state index >= 15 is 0 Å². The molecule has 0 aliphatic carbocycles. The zero-order valence-electron chi connectivity index (χ0n) is 53.2. The van der Waals surface area contributed by atoms with Crippen LogP contribution in [0.15, 0.2) is 0 Å². The lowest BCUT2D eigenvalue weighted by Gasteiger charge is -2.34. The number of carbonyl (C=O) groups excluding carboxylic acids is 4. The number of hydrogen-bond donors (Lipinski definition) is 2. The van der Waals surface area contributed by atoms with E-state index in [1.807, 2.05) is 65.7 Å². The number of nitrogens with zero attached hydrogens (tertiary/aromatic N) is 4. The van der Waals surface area contributed by atoms with Crippen LogP contribution in [0.3, 0.4) is 0 Å². The molecule has 78 heavy (non-hydrogen) atoms. The van der Waals surface area contributed by atoms with Gasteiger partial charge in [0.25, 0.3) is 0 Å². The quantitative estimate of drug-likeness (QED) is 0.0571. The van der Waals surface area contributed by atoms with E-state index in [1.165, 1.54) is 167 Å². The summed E-state index contributed by atoms with van der Waals surface area (Å²) in [6, 6.07) is -1.02. The van der Waals surface area contributed by atoms with Gasteiger partial charge in [0.15, 0.2) is 0 Å². The molecule has 0 aromatic heterocycles. The average Bonchev–Trinajstić information content (AvgIpc) is 3.40. The molecule has 0 fully saturated rings. The van der Waals surface area contributed by atoms with Crippen molar-refractivity contribution in [3.8, 4) is 0 Å². The average molecular weight is 1110 g/mol. The van der Waals surface area contributed by atoms with E-state index in [-0.39, 0.29) is 35.5 Å². The van der Waals surface area contributed by atoms with Crippen molar-refractivity contribution in [2.75, 3.05) is 107 Å². The van der Waals surface area contributed by atoms with Crippen molar-refractivity contribution in [1.82, 2.24) is 30.2 Å². The lowest BCUT2D eigenvalue weighted by Crippen LogP contribution is -2.53. The number of unbranched alkanes of at least 4 members (excludes halogenated alkanes) is 28. The van der Waals surface area contributed by atoms with E-state index in [9.17, 15) is 19.2 Å². The number of ether oxygens (including phenoxy) is 3. The maximum atomic E-state index is 13.7. The maximum absolute atomic E-state index is 13.7. The summed E-state index contributed by atoms with van der Waals surface area (Å²) < 4.78 is 17.3. The molecule has 0 spiro atoms. The van der Waals surface area contributed by atoms with E-state index < -0.39 is 12.1 Å². The van der Waals surface area contributed by atoms with E-state index in [4.69, 9.17) is 14.2 Å². The zero-order chi connectivity index (χ0) is 57.7. The molecule has 2 atom stereocenters. The molecular weight excluding hydrogens is 977 g/mol. The molecule has 0 rings (SSSR count). The normalized spacial score (nSPS) is 12.5. The summed E-state index contributed by atoms with van der Waals surface area (Å²) in [4.78, 5) is 62.6. The van der Waals surface area contributed by atoms with E-state index in [0.29, 0.717) is 85.1 Å². The van der Waals surface area contributed by atoms with E-state index in [0.717, 1.165) is 51.6 Å². The van der Waals surface area contributed by atoms with Gasteiger partial charge in [0, 0.05) is 45.6 Å². The van der Waals surface area contributed by atoms with Crippen LogP contribution >= 0.6 is 0 Å².